The largest absolute Gasteiger partial charge is 0.478 e. The molecule has 0 unspecified atom stereocenters. The Morgan fingerprint density at radius 2 is 2.05 bits per heavy atom. The van der Waals surface area contributed by atoms with Gasteiger partial charge in [0, 0.05) is 13.1 Å². The van der Waals surface area contributed by atoms with E-state index in [9.17, 15) is 13.2 Å². The van der Waals surface area contributed by atoms with Crippen LogP contribution in [0.2, 0.25) is 5.02 Å². The molecule has 0 saturated carbocycles. The summed E-state index contributed by atoms with van der Waals surface area (Å²) in [5.74, 6) is -1.24. The average molecular weight is 308 g/mol. The van der Waals surface area contributed by atoms with E-state index in [4.69, 9.17) is 21.8 Å². The minimum absolute atomic E-state index is 0.0543. The zero-order valence-electron chi connectivity index (χ0n) is 10.2. The van der Waals surface area contributed by atoms with Gasteiger partial charge in [0.2, 0.25) is 10.0 Å². The molecule has 0 radical (unpaired) electrons. The van der Waals surface area contributed by atoms with E-state index in [0.717, 1.165) is 10.4 Å². The standard InChI is InChI=1S/C11H14ClNO5S/c1-2-13(5-6-14)19(17,18)10-7-8(11(15)16)3-4-9(10)12/h3-4,7,14H,2,5-6H2,1H3,(H,15,16). The number of carbonyl (C=O) groups is 1. The molecule has 0 aliphatic rings. The smallest absolute Gasteiger partial charge is 0.335 e. The molecule has 0 fully saturated rings. The first-order valence-electron chi connectivity index (χ1n) is 5.48. The van der Waals surface area contributed by atoms with Crippen molar-refractivity contribution in [3.8, 4) is 0 Å². The lowest BCUT2D eigenvalue weighted by Crippen LogP contribution is -2.33. The second-order valence-corrected chi connectivity index (χ2v) is 5.98. The highest BCUT2D eigenvalue weighted by molar-refractivity contribution is 7.89. The number of likely N-dealkylation sites (N-methyl/N-ethyl adjacent to an activating group) is 1. The molecule has 6 nitrogen and oxygen atoms in total. The average Bonchev–Trinajstić information content (AvgIpc) is 2.35. The van der Waals surface area contributed by atoms with E-state index in [1.54, 1.807) is 6.92 Å². The third kappa shape index (κ3) is 3.44. The van der Waals surface area contributed by atoms with Crippen LogP contribution in [0, 0.1) is 0 Å². The van der Waals surface area contributed by atoms with Crippen LogP contribution >= 0.6 is 11.6 Å². The summed E-state index contributed by atoms with van der Waals surface area (Å²) in [6.45, 7) is 1.36. The molecule has 0 heterocycles. The van der Waals surface area contributed by atoms with Crippen molar-refractivity contribution in [2.45, 2.75) is 11.8 Å². The van der Waals surface area contributed by atoms with Crippen LogP contribution < -0.4 is 0 Å². The van der Waals surface area contributed by atoms with E-state index in [1.165, 1.54) is 12.1 Å². The maximum atomic E-state index is 12.3. The number of halogens is 1. The van der Waals surface area contributed by atoms with E-state index in [-0.39, 0.29) is 35.2 Å². The maximum Gasteiger partial charge on any atom is 0.335 e. The molecular formula is C11H14ClNO5S. The second kappa shape index (κ2) is 6.33. The number of nitrogens with zero attached hydrogens (tertiary/aromatic N) is 1. The minimum Gasteiger partial charge on any atom is -0.478 e. The molecule has 0 spiro atoms. The fourth-order valence-corrected chi connectivity index (χ4v) is 3.47. The van der Waals surface area contributed by atoms with Gasteiger partial charge in [0.05, 0.1) is 17.2 Å². The van der Waals surface area contributed by atoms with Crippen LogP contribution in [-0.2, 0) is 10.0 Å². The lowest BCUT2D eigenvalue weighted by Gasteiger charge is -2.20. The Morgan fingerprint density at radius 3 is 2.53 bits per heavy atom. The third-order valence-corrected chi connectivity index (χ3v) is 4.95. The molecule has 106 valence electrons. The van der Waals surface area contributed by atoms with Gasteiger partial charge in [-0.05, 0) is 18.2 Å². The minimum atomic E-state index is -3.92. The molecule has 1 aromatic rings. The van der Waals surface area contributed by atoms with Crippen molar-refractivity contribution < 1.29 is 23.4 Å². The van der Waals surface area contributed by atoms with Crippen molar-refractivity contribution in [2.75, 3.05) is 19.7 Å². The fourth-order valence-electron chi connectivity index (χ4n) is 1.53. The van der Waals surface area contributed by atoms with Crippen molar-refractivity contribution in [1.82, 2.24) is 4.31 Å². The van der Waals surface area contributed by atoms with E-state index >= 15 is 0 Å². The van der Waals surface area contributed by atoms with E-state index in [1.807, 2.05) is 0 Å². The van der Waals surface area contributed by atoms with Crippen LogP contribution in [0.5, 0.6) is 0 Å². The number of rotatable bonds is 6. The zero-order chi connectivity index (χ0) is 14.6. The molecule has 0 aliphatic carbocycles. The summed E-state index contributed by atoms with van der Waals surface area (Å²) in [7, 11) is -3.92. The fraction of sp³-hybridized carbons (Fsp3) is 0.364. The van der Waals surface area contributed by atoms with E-state index in [2.05, 4.69) is 0 Å². The molecule has 0 aliphatic heterocycles. The van der Waals surface area contributed by atoms with Crippen molar-refractivity contribution >= 4 is 27.6 Å². The molecule has 0 amide bonds. The summed E-state index contributed by atoms with van der Waals surface area (Å²) in [4.78, 5) is 10.6. The number of carboxylic acids is 1. The quantitative estimate of drug-likeness (QED) is 0.819. The van der Waals surface area contributed by atoms with Crippen molar-refractivity contribution in [1.29, 1.82) is 0 Å². The van der Waals surface area contributed by atoms with Crippen LogP contribution in [0.25, 0.3) is 0 Å². The lowest BCUT2D eigenvalue weighted by molar-refractivity contribution is 0.0696. The Labute approximate surface area is 116 Å². The van der Waals surface area contributed by atoms with Gasteiger partial charge < -0.3 is 10.2 Å². The molecule has 8 heteroatoms. The van der Waals surface area contributed by atoms with Gasteiger partial charge in [0.1, 0.15) is 4.90 Å². The number of carboxylic acid groups (broad SMARTS) is 1. The molecule has 19 heavy (non-hydrogen) atoms. The number of benzene rings is 1. The summed E-state index contributed by atoms with van der Waals surface area (Å²) in [6.07, 6.45) is 0. The van der Waals surface area contributed by atoms with E-state index in [0.29, 0.717) is 0 Å². The van der Waals surface area contributed by atoms with Crippen molar-refractivity contribution in [2.24, 2.45) is 0 Å². The van der Waals surface area contributed by atoms with Crippen LogP contribution in [0.1, 0.15) is 17.3 Å². The van der Waals surface area contributed by atoms with Gasteiger partial charge in [-0.3, -0.25) is 0 Å². The first-order chi connectivity index (χ1) is 8.84. The number of hydrogen-bond acceptors (Lipinski definition) is 4. The number of sulfonamides is 1. The molecule has 1 rings (SSSR count). The van der Waals surface area contributed by atoms with Crippen LogP contribution in [0.4, 0.5) is 0 Å². The summed E-state index contributed by atoms with van der Waals surface area (Å²) >= 11 is 5.83. The molecule has 0 aromatic heterocycles. The summed E-state index contributed by atoms with van der Waals surface area (Å²) in [5, 5.41) is 17.7. The first-order valence-corrected chi connectivity index (χ1v) is 7.30. The van der Waals surface area contributed by atoms with Crippen LogP contribution in [0.15, 0.2) is 23.1 Å². The van der Waals surface area contributed by atoms with Gasteiger partial charge >= 0.3 is 5.97 Å². The SMILES string of the molecule is CCN(CCO)S(=O)(=O)c1cc(C(=O)O)ccc1Cl. The Kier molecular flexibility index (Phi) is 5.30. The van der Waals surface area contributed by atoms with Gasteiger partial charge in [-0.25, -0.2) is 13.2 Å². The molecule has 2 N–H and O–H groups in total. The highest BCUT2D eigenvalue weighted by Crippen LogP contribution is 2.25. The molecule has 1 aromatic carbocycles. The predicted molar refractivity (Wildman–Crippen MR) is 69.9 cm³/mol. The molecule has 0 atom stereocenters. The van der Waals surface area contributed by atoms with Crippen molar-refractivity contribution in [3.05, 3.63) is 28.8 Å². The topological polar surface area (TPSA) is 94.9 Å². The maximum absolute atomic E-state index is 12.3. The second-order valence-electron chi connectivity index (χ2n) is 3.67. The Hall–Kier alpha value is -1.15. The Morgan fingerprint density at radius 1 is 1.42 bits per heavy atom. The summed E-state index contributed by atoms with van der Waals surface area (Å²) in [5.41, 5.74) is -0.164. The van der Waals surface area contributed by atoms with Gasteiger partial charge in [-0.2, -0.15) is 4.31 Å². The number of aliphatic hydroxyl groups excluding tert-OH is 1. The van der Waals surface area contributed by atoms with E-state index < -0.39 is 16.0 Å². The normalized spacial score (nSPS) is 11.8. The van der Waals surface area contributed by atoms with Gasteiger partial charge in [0.25, 0.3) is 0 Å². The van der Waals surface area contributed by atoms with Gasteiger partial charge in [-0.1, -0.05) is 18.5 Å². The highest BCUT2D eigenvalue weighted by atomic mass is 35.5. The molecule has 0 bridgehead atoms. The molecular weight excluding hydrogens is 294 g/mol. The number of hydrogen-bond donors (Lipinski definition) is 2. The number of aliphatic hydroxyl groups is 1. The highest BCUT2D eigenvalue weighted by Gasteiger charge is 2.26. The first kappa shape index (κ1) is 15.9. The van der Waals surface area contributed by atoms with Crippen LogP contribution in [0.3, 0.4) is 0 Å². The lowest BCUT2D eigenvalue weighted by atomic mass is 10.2. The summed E-state index contributed by atoms with van der Waals surface area (Å²) in [6, 6.07) is 3.47. The zero-order valence-corrected chi connectivity index (χ0v) is 11.8. The Bertz CT molecular complexity index is 572. The Balaban J connectivity index is 3.34. The predicted octanol–water partition coefficient (Wildman–Crippen LogP) is 1.04. The van der Waals surface area contributed by atoms with Gasteiger partial charge in [-0.15, -0.1) is 0 Å². The number of aromatic carboxylic acids is 1. The third-order valence-electron chi connectivity index (χ3n) is 2.50. The molecule has 0 saturated heterocycles. The monoisotopic (exact) mass is 307 g/mol. The summed E-state index contributed by atoms with van der Waals surface area (Å²) < 4.78 is 25.6. The van der Waals surface area contributed by atoms with Crippen LogP contribution in [-0.4, -0.2) is 48.6 Å². The van der Waals surface area contributed by atoms with Gasteiger partial charge in [0.15, 0.2) is 0 Å². The van der Waals surface area contributed by atoms with Crippen molar-refractivity contribution in [3.63, 3.8) is 0 Å².